The molecule has 0 aromatic heterocycles. The van der Waals surface area contributed by atoms with Crippen LogP contribution in [0.4, 0.5) is 5.69 Å². The number of nitrogens with one attached hydrogen (secondary N) is 2. The van der Waals surface area contributed by atoms with E-state index in [0.717, 1.165) is 5.56 Å². The number of Topliss-reactive ketones (excluding diaryl/α,β-unsaturated/α-hetero) is 1. The van der Waals surface area contributed by atoms with E-state index in [1.54, 1.807) is 31.2 Å². The first kappa shape index (κ1) is 23.2. The smallest absolute Gasteiger partial charge is 0.262 e. The summed E-state index contributed by atoms with van der Waals surface area (Å²) in [6.07, 6.45) is 0. The van der Waals surface area contributed by atoms with Gasteiger partial charge in [0.15, 0.2) is 12.4 Å². The molecule has 8 heteroatoms. The van der Waals surface area contributed by atoms with Crippen LogP contribution in [-0.4, -0.2) is 26.7 Å². The molecule has 0 aliphatic carbocycles. The molecule has 32 heavy (non-hydrogen) atoms. The summed E-state index contributed by atoms with van der Waals surface area (Å²) in [6, 6.07) is 21.3. The van der Waals surface area contributed by atoms with Crippen LogP contribution >= 0.6 is 0 Å². The molecule has 3 aromatic carbocycles. The summed E-state index contributed by atoms with van der Waals surface area (Å²) in [5.41, 5.74) is 1.85. The van der Waals surface area contributed by atoms with E-state index < -0.39 is 15.9 Å². The van der Waals surface area contributed by atoms with Gasteiger partial charge in [-0.3, -0.25) is 9.59 Å². The topological polar surface area (TPSA) is 102 Å². The third-order valence-electron chi connectivity index (χ3n) is 4.69. The Hall–Kier alpha value is -3.49. The van der Waals surface area contributed by atoms with Gasteiger partial charge in [-0.15, -0.1) is 0 Å². The van der Waals surface area contributed by atoms with Gasteiger partial charge in [-0.25, -0.2) is 13.1 Å². The SMILES string of the molecule is CC(=O)c1cccc(NC(=O)COc2ccc(S(=O)(=O)N[C@@H](C)c3ccccc3)cc2)c1. The average molecular weight is 453 g/mol. The lowest BCUT2D eigenvalue weighted by atomic mass is 10.1. The number of amides is 1. The van der Waals surface area contributed by atoms with Crippen molar-refractivity contribution in [3.63, 3.8) is 0 Å². The van der Waals surface area contributed by atoms with Crippen molar-refractivity contribution < 1.29 is 22.7 Å². The van der Waals surface area contributed by atoms with Crippen LogP contribution in [0.1, 0.15) is 35.8 Å². The minimum absolute atomic E-state index is 0.0955. The highest BCUT2D eigenvalue weighted by Crippen LogP contribution is 2.19. The molecule has 1 amide bonds. The number of sulfonamides is 1. The van der Waals surface area contributed by atoms with E-state index in [4.69, 9.17) is 4.74 Å². The minimum Gasteiger partial charge on any atom is -0.484 e. The van der Waals surface area contributed by atoms with Crippen LogP contribution in [0.15, 0.2) is 83.8 Å². The monoisotopic (exact) mass is 452 g/mol. The summed E-state index contributed by atoms with van der Waals surface area (Å²) in [5.74, 6) is -0.145. The number of rotatable bonds is 9. The van der Waals surface area contributed by atoms with Crippen molar-refractivity contribution in [1.82, 2.24) is 4.72 Å². The molecule has 0 aliphatic rings. The number of carbonyl (C=O) groups is 2. The van der Waals surface area contributed by atoms with Crippen molar-refractivity contribution in [2.75, 3.05) is 11.9 Å². The van der Waals surface area contributed by atoms with Crippen LogP contribution in [0.25, 0.3) is 0 Å². The van der Waals surface area contributed by atoms with Crippen LogP contribution in [0.3, 0.4) is 0 Å². The molecule has 0 aliphatic heterocycles. The Morgan fingerprint density at radius 3 is 2.28 bits per heavy atom. The van der Waals surface area contributed by atoms with Crippen molar-refractivity contribution in [1.29, 1.82) is 0 Å². The second-order valence-electron chi connectivity index (χ2n) is 7.20. The van der Waals surface area contributed by atoms with Gasteiger partial charge in [0.1, 0.15) is 5.75 Å². The molecule has 3 aromatic rings. The molecule has 1 atom stereocenters. The zero-order valence-corrected chi connectivity index (χ0v) is 18.6. The molecule has 0 radical (unpaired) electrons. The quantitative estimate of drug-likeness (QED) is 0.479. The van der Waals surface area contributed by atoms with Gasteiger partial charge in [-0.05, 0) is 55.8 Å². The first-order chi connectivity index (χ1) is 15.2. The second-order valence-corrected chi connectivity index (χ2v) is 8.91. The van der Waals surface area contributed by atoms with E-state index in [1.165, 1.54) is 31.2 Å². The summed E-state index contributed by atoms with van der Waals surface area (Å²) in [5, 5.41) is 2.66. The molecule has 0 saturated carbocycles. The van der Waals surface area contributed by atoms with E-state index in [0.29, 0.717) is 17.0 Å². The van der Waals surface area contributed by atoms with E-state index in [-0.39, 0.29) is 23.3 Å². The van der Waals surface area contributed by atoms with E-state index in [2.05, 4.69) is 10.0 Å². The lowest BCUT2D eigenvalue weighted by Crippen LogP contribution is -2.26. The number of hydrogen-bond acceptors (Lipinski definition) is 5. The highest BCUT2D eigenvalue weighted by atomic mass is 32.2. The molecule has 0 fully saturated rings. The summed E-state index contributed by atoms with van der Waals surface area (Å²) in [4.78, 5) is 23.7. The highest BCUT2D eigenvalue weighted by Gasteiger charge is 2.18. The van der Waals surface area contributed by atoms with Gasteiger partial charge >= 0.3 is 0 Å². The van der Waals surface area contributed by atoms with Gasteiger partial charge in [0.25, 0.3) is 5.91 Å². The average Bonchev–Trinajstić information content (AvgIpc) is 2.78. The molecule has 2 N–H and O–H groups in total. The fourth-order valence-corrected chi connectivity index (χ4v) is 4.22. The van der Waals surface area contributed by atoms with E-state index in [9.17, 15) is 18.0 Å². The number of ether oxygens (including phenoxy) is 1. The van der Waals surface area contributed by atoms with E-state index in [1.807, 2.05) is 30.3 Å². The lowest BCUT2D eigenvalue weighted by Gasteiger charge is -2.15. The first-order valence-corrected chi connectivity index (χ1v) is 11.4. The third kappa shape index (κ3) is 6.26. The maximum atomic E-state index is 12.6. The zero-order chi connectivity index (χ0) is 23.1. The molecule has 3 rings (SSSR count). The molecular formula is C24H24N2O5S. The van der Waals surface area contributed by atoms with E-state index >= 15 is 0 Å². The minimum atomic E-state index is -3.72. The Morgan fingerprint density at radius 1 is 0.938 bits per heavy atom. The standard InChI is InChI=1S/C24H24N2O5S/c1-17(19-7-4-3-5-8-19)26-32(29,30)23-13-11-22(12-14-23)31-16-24(28)25-21-10-6-9-20(15-21)18(2)27/h3-15,17,26H,16H2,1-2H3,(H,25,28)/t17-/m0/s1. The number of carbonyl (C=O) groups excluding carboxylic acids is 2. The summed E-state index contributed by atoms with van der Waals surface area (Å²) < 4.78 is 33.3. The molecule has 0 bridgehead atoms. The molecule has 0 unspecified atom stereocenters. The predicted octanol–water partition coefficient (Wildman–Crippen LogP) is 3.95. The van der Waals surface area contributed by atoms with Crippen molar-refractivity contribution >= 4 is 27.4 Å². The van der Waals surface area contributed by atoms with Crippen molar-refractivity contribution in [2.24, 2.45) is 0 Å². The van der Waals surface area contributed by atoms with Crippen LogP contribution < -0.4 is 14.8 Å². The Kier molecular flexibility index (Phi) is 7.40. The molecule has 7 nitrogen and oxygen atoms in total. The number of anilines is 1. The molecular weight excluding hydrogens is 428 g/mol. The van der Waals surface area contributed by atoms with Crippen molar-refractivity contribution in [2.45, 2.75) is 24.8 Å². The van der Waals surface area contributed by atoms with Crippen LogP contribution in [0.2, 0.25) is 0 Å². The second kappa shape index (κ2) is 10.2. The maximum Gasteiger partial charge on any atom is 0.262 e. The number of benzene rings is 3. The van der Waals surface area contributed by atoms with Crippen molar-refractivity contribution in [3.05, 3.63) is 90.0 Å². The molecule has 166 valence electrons. The summed E-state index contributed by atoms with van der Waals surface area (Å²) >= 11 is 0. The summed E-state index contributed by atoms with van der Waals surface area (Å²) in [7, 11) is -3.72. The number of hydrogen-bond donors (Lipinski definition) is 2. The Morgan fingerprint density at radius 2 is 1.62 bits per heavy atom. The van der Waals surface area contributed by atoms with Crippen LogP contribution in [0, 0.1) is 0 Å². The fourth-order valence-electron chi connectivity index (χ4n) is 2.99. The highest BCUT2D eigenvalue weighted by molar-refractivity contribution is 7.89. The third-order valence-corrected chi connectivity index (χ3v) is 6.24. The number of ketones is 1. The maximum absolute atomic E-state index is 12.6. The Balaban J connectivity index is 1.56. The lowest BCUT2D eigenvalue weighted by molar-refractivity contribution is -0.118. The van der Waals surface area contributed by atoms with Gasteiger partial charge in [-0.2, -0.15) is 0 Å². The largest absolute Gasteiger partial charge is 0.484 e. The van der Waals surface area contributed by atoms with Gasteiger partial charge in [0.2, 0.25) is 10.0 Å². The van der Waals surface area contributed by atoms with Gasteiger partial charge in [0.05, 0.1) is 4.90 Å². The predicted molar refractivity (Wildman–Crippen MR) is 122 cm³/mol. The van der Waals surface area contributed by atoms with Crippen LogP contribution in [-0.2, 0) is 14.8 Å². The van der Waals surface area contributed by atoms with Gasteiger partial charge in [-0.1, -0.05) is 42.5 Å². The normalized spacial score (nSPS) is 12.1. The Bertz CT molecular complexity index is 1190. The van der Waals surface area contributed by atoms with Gasteiger partial charge < -0.3 is 10.1 Å². The van der Waals surface area contributed by atoms with Crippen LogP contribution in [0.5, 0.6) is 5.75 Å². The first-order valence-electron chi connectivity index (χ1n) is 9.95. The molecule has 0 spiro atoms. The summed E-state index contributed by atoms with van der Waals surface area (Å²) in [6.45, 7) is 2.96. The molecule has 0 heterocycles. The van der Waals surface area contributed by atoms with Crippen molar-refractivity contribution in [3.8, 4) is 5.75 Å². The fraction of sp³-hybridized carbons (Fsp3) is 0.167. The Labute approximate surface area is 187 Å². The molecule has 0 saturated heterocycles. The zero-order valence-electron chi connectivity index (χ0n) is 17.7. The van der Waals surface area contributed by atoms with Gasteiger partial charge in [0, 0.05) is 17.3 Å².